The molecule has 3 heterocycles. The van der Waals surface area contributed by atoms with Crippen LogP contribution in [0.25, 0.3) is 10.2 Å². The molecule has 0 radical (unpaired) electrons. The van der Waals surface area contributed by atoms with Gasteiger partial charge in [0.2, 0.25) is 5.91 Å². The summed E-state index contributed by atoms with van der Waals surface area (Å²) in [6.07, 6.45) is 1.56. The van der Waals surface area contributed by atoms with E-state index in [-0.39, 0.29) is 23.5 Å². The molecule has 6 nitrogen and oxygen atoms in total. The molecule has 1 aliphatic rings. The van der Waals surface area contributed by atoms with E-state index in [0.717, 1.165) is 40.0 Å². The van der Waals surface area contributed by atoms with Crippen molar-refractivity contribution in [2.24, 2.45) is 5.92 Å². The number of carbonyl (C=O) groups is 2. The zero-order valence-corrected chi connectivity index (χ0v) is 19.6. The summed E-state index contributed by atoms with van der Waals surface area (Å²) in [6.45, 7) is 3.48. The fraction of sp³-hybridized carbons (Fsp3) is 0.269. The van der Waals surface area contributed by atoms with E-state index in [2.05, 4.69) is 10.4 Å². The number of piperidine rings is 1. The van der Waals surface area contributed by atoms with Crippen molar-refractivity contribution in [2.75, 3.05) is 18.4 Å². The number of nitrogens with one attached hydrogen (secondary N) is 1. The van der Waals surface area contributed by atoms with Crippen molar-refractivity contribution in [2.45, 2.75) is 26.3 Å². The van der Waals surface area contributed by atoms with Gasteiger partial charge in [0.05, 0.1) is 23.0 Å². The first-order valence-corrected chi connectivity index (χ1v) is 12.2. The van der Waals surface area contributed by atoms with Crippen molar-refractivity contribution in [3.8, 4) is 0 Å². The van der Waals surface area contributed by atoms with Gasteiger partial charge in [0.15, 0.2) is 0 Å². The first-order valence-electron chi connectivity index (χ1n) is 11.3. The molecule has 0 aliphatic carbocycles. The molecule has 1 aliphatic heterocycles. The van der Waals surface area contributed by atoms with Crippen LogP contribution in [0.1, 0.15) is 33.8 Å². The molecule has 2 aromatic heterocycles. The average Bonchev–Trinajstić information content (AvgIpc) is 3.42. The van der Waals surface area contributed by atoms with Gasteiger partial charge in [-0.1, -0.05) is 30.3 Å². The Morgan fingerprint density at radius 2 is 1.91 bits per heavy atom. The van der Waals surface area contributed by atoms with Gasteiger partial charge >= 0.3 is 0 Å². The van der Waals surface area contributed by atoms with Crippen molar-refractivity contribution in [3.63, 3.8) is 0 Å². The number of anilines is 1. The molecule has 1 saturated heterocycles. The predicted octanol–water partition coefficient (Wildman–Crippen LogP) is 5.08. The molecule has 5 rings (SSSR count). The summed E-state index contributed by atoms with van der Waals surface area (Å²) in [5.74, 6) is -0.605. The van der Waals surface area contributed by atoms with Crippen molar-refractivity contribution < 1.29 is 14.0 Å². The number of hydrogen-bond donors (Lipinski definition) is 1. The van der Waals surface area contributed by atoms with Gasteiger partial charge in [-0.2, -0.15) is 5.10 Å². The van der Waals surface area contributed by atoms with E-state index in [9.17, 15) is 14.0 Å². The molecule has 174 valence electrons. The molecule has 2 amide bonds. The first kappa shape index (κ1) is 22.3. The normalized spacial score (nSPS) is 16.1. The number of amides is 2. The van der Waals surface area contributed by atoms with Crippen LogP contribution in [0.4, 0.5) is 10.1 Å². The molecule has 0 spiro atoms. The van der Waals surface area contributed by atoms with Crippen LogP contribution in [0.5, 0.6) is 0 Å². The van der Waals surface area contributed by atoms with E-state index in [1.807, 2.05) is 48.0 Å². The second-order valence-corrected chi connectivity index (χ2v) is 9.68. The Bertz CT molecular complexity index is 1330. The van der Waals surface area contributed by atoms with E-state index in [0.29, 0.717) is 24.5 Å². The van der Waals surface area contributed by atoms with Crippen LogP contribution >= 0.6 is 11.3 Å². The molecule has 1 unspecified atom stereocenters. The summed E-state index contributed by atoms with van der Waals surface area (Å²) in [6, 6.07) is 17.6. The van der Waals surface area contributed by atoms with Crippen molar-refractivity contribution in [3.05, 3.63) is 82.6 Å². The summed E-state index contributed by atoms with van der Waals surface area (Å²) in [5, 5.41) is 8.52. The third-order valence-corrected chi connectivity index (χ3v) is 7.32. The first-order chi connectivity index (χ1) is 16.5. The smallest absolute Gasteiger partial charge is 0.264 e. The number of carbonyl (C=O) groups excluding carboxylic acids is 2. The number of thiophene rings is 1. The minimum atomic E-state index is -0.271. The van der Waals surface area contributed by atoms with Crippen LogP contribution in [-0.4, -0.2) is 39.6 Å². The largest absolute Gasteiger partial charge is 0.337 e. The van der Waals surface area contributed by atoms with Gasteiger partial charge in [-0.15, -0.1) is 11.3 Å². The molecular weight excluding hydrogens is 451 g/mol. The molecule has 1 atom stereocenters. The van der Waals surface area contributed by atoms with Gasteiger partial charge in [0.1, 0.15) is 10.6 Å². The summed E-state index contributed by atoms with van der Waals surface area (Å²) < 4.78 is 15.1. The molecule has 1 N–H and O–H groups in total. The SMILES string of the molecule is Cc1nn(Cc2ccc(F)cc2)c2sc(C(=O)N3CCCC(C(=O)Nc4ccccc4)C3)cc12. The van der Waals surface area contributed by atoms with E-state index in [4.69, 9.17) is 0 Å². The lowest BCUT2D eigenvalue weighted by molar-refractivity contribution is -0.121. The molecule has 8 heteroatoms. The van der Waals surface area contributed by atoms with Gasteiger partial charge in [-0.05, 0) is 55.7 Å². The Morgan fingerprint density at radius 1 is 1.15 bits per heavy atom. The molecule has 2 aromatic carbocycles. The van der Waals surface area contributed by atoms with Crippen LogP contribution in [-0.2, 0) is 11.3 Å². The second-order valence-electron chi connectivity index (χ2n) is 8.64. The number of likely N-dealkylation sites (tertiary alicyclic amines) is 1. The maximum Gasteiger partial charge on any atom is 0.264 e. The van der Waals surface area contributed by atoms with Crippen LogP contribution in [0.3, 0.4) is 0 Å². The Labute approximate surface area is 201 Å². The van der Waals surface area contributed by atoms with Crippen molar-refractivity contribution in [1.29, 1.82) is 0 Å². The van der Waals surface area contributed by atoms with E-state index in [1.54, 1.807) is 17.0 Å². The molecular formula is C26H25FN4O2S. The lowest BCUT2D eigenvalue weighted by Crippen LogP contribution is -2.43. The molecule has 4 aromatic rings. The van der Waals surface area contributed by atoms with Gasteiger partial charge in [0, 0.05) is 24.2 Å². The third-order valence-electron chi connectivity index (χ3n) is 6.18. The topological polar surface area (TPSA) is 67.2 Å². The van der Waals surface area contributed by atoms with E-state index >= 15 is 0 Å². The predicted molar refractivity (Wildman–Crippen MR) is 132 cm³/mol. The molecule has 0 saturated carbocycles. The monoisotopic (exact) mass is 476 g/mol. The number of para-hydroxylation sites is 1. The second kappa shape index (κ2) is 9.38. The number of aryl methyl sites for hydroxylation is 1. The van der Waals surface area contributed by atoms with Crippen LogP contribution in [0.2, 0.25) is 0 Å². The number of hydrogen-bond acceptors (Lipinski definition) is 4. The highest BCUT2D eigenvalue weighted by atomic mass is 32.1. The zero-order valence-electron chi connectivity index (χ0n) is 18.8. The standard InChI is InChI=1S/C26H25FN4O2S/c1-17-22-14-23(34-26(22)31(29-17)15-18-9-11-20(27)12-10-18)25(33)30-13-5-6-19(16-30)24(32)28-21-7-3-2-4-8-21/h2-4,7-12,14,19H,5-6,13,15-16H2,1H3,(H,28,32). The summed E-state index contributed by atoms with van der Waals surface area (Å²) in [4.78, 5) is 29.5. The summed E-state index contributed by atoms with van der Waals surface area (Å²) in [7, 11) is 0. The molecule has 34 heavy (non-hydrogen) atoms. The van der Waals surface area contributed by atoms with Crippen LogP contribution < -0.4 is 5.32 Å². The van der Waals surface area contributed by atoms with Crippen molar-refractivity contribution in [1.82, 2.24) is 14.7 Å². The number of fused-ring (bicyclic) bond motifs is 1. The lowest BCUT2D eigenvalue weighted by Gasteiger charge is -2.31. The fourth-order valence-corrected chi connectivity index (χ4v) is 5.51. The van der Waals surface area contributed by atoms with Crippen LogP contribution in [0.15, 0.2) is 60.7 Å². The number of halogens is 1. The number of rotatable bonds is 5. The summed E-state index contributed by atoms with van der Waals surface area (Å²) >= 11 is 1.42. The molecule has 0 bridgehead atoms. The Morgan fingerprint density at radius 3 is 2.68 bits per heavy atom. The number of nitrogens with zero attached hydrogens (tertiary/aromatic N) is 3. The highest BCUT2D eigenvalue weighted by Crippen LogP contribution is 2.31. The highest BCUT2D eigenvalue weighted by molar-refractivity contribution is 7.20. The maximum absolute atomic E-state index is 13.3. The van der Waals surface area contributed by atoms with Gasteiger partial charge < -0.3 is 10.2 Å². The molecule has 1 fully saturated rings. The summed E-state index contributed by atoms with van der Waals surface area (Å²) in [5.41, 5.74) is 2.56. The quantitative estimate of drug-likeness (QED) is 0.437. The lowest BCUT2D eigenvalue weighted by atomic mass is 9.97. The third kappa shape index (κ3) is 4.59. The highest BCUT2D eigenvalue weighted by Gasteiger charge is 2.30. The number of aromatic nitrogens is 2. The minimum absolute atomic E-state index is 0.0499. The van der Waals surface area contributed by atoms with Gasteiger partial charge in [-0.25, -0.2) is 4.39 Å². The Balaban J connectivity index is 1.31. The minimum Gasteiger partial charge on any atom is -0.337 e. The maximum atomic E-state index is 13.3. The van der Waals surface area contributed by atoms with Crippen LogP contribution in [0, 0.1) is 18.7 Å². The Hall–Kier alpha value is -3.52. The Kier molecular flexibility index (Phi) is 6.15. The van der Waals surface area contributed by atoms with E-state index in [1.165, 1.54) is 23.5 Å². The van der Waals surface area contributed by atoms with Gasteiger partial charge in [0.25, 0.3) is 5.91 Å². The zero-order chi connectivity index (χ0) is 23.7. The van der Waals surface area contributed by atoms with Gasteiger partial charge in [-0.3, -0.25) is 14.3 Å². The fourth-order valence-electron chi connectivity index (χ4n) is 4.39. The van der Waals surface area contributed by atoms with Crippen molar-refractivity contribution >= 4 is 39.1 Å². The average molecular weight is 477 g/mol. The van der Waals surface area contributed by atoms with E-state index < -0.39 is 0 Å². The number of benzene rings is 2.